The Bertz CT molecular complexity index is 395. The second kappa shape index (κ2) is 6.72. The van der Waals surface area contributed by atoms with Crippen LogP contribution < -0.4 is 10.6 Å². The van der Waals surface area contributed by atoms with Crippen molar-refractivity contribution >= 4 is 23.8 Å². The van der Waals surface area contributed by atoms with Gasteiger partial charge in [0, 0.05) is 12.8 Å². The summed E-state index contributed by atoms with van der Waals surface area (Å²) < 4.78 is 0. The Labute approximate surface area is 109 Å². The largest absolute Gasteiger partial charge is 0.481 e. The summed E-state index contributed by atoms with van der Waals surface area (Å²) in [4.78, 5) is 43.9. The van der Waals surface area contributed by atoms with E-state index in [0.717, 1.165) is 0 Å². The van der Waals surface area contributed by atoms with Gasteiger partial charge in [-0.2, -0.15) is 0 Å². The number of rotatable bonds is 7. The normalized spacial score (nSPS) is 19.6. The molecule has 8 heteroatoms. The zero-order valence-corrected chi connectivity index (χ0v) is 10.2. The second-order valence-corrected chi connectivity index (χ2v) is 4.34. The molecule has 0 spiro atoms. The highest BCUT2D eigenvalue weighted by molar-refractivity contribution is 5.92. The summed E-state index contributed by atoms with van der Waals surface area (Å²) in [7, 11) is 0. The summed E-state index contributed by atoms with van der Waals surface area (Å²) in [5, 5.41) is 22.1. The fourth-order valence-corrected chi connectivity index (χ4v) is 1.80. The zero-order chi connectivity index (χ0) is 14.4. The monoisotopic (exact) mass is 272 g/mol. The van der Waals surface area contributed by atoms with E-state index in [0.29, 0.717) is 6.42 Å². The molecule has 0 aliphatic carbocycles. The molecule has 1 heterocycles. The maximum absolute atomic E-state index is 11.7. The van der Waals surface area contributed by atoms with Gasteiger partial charge in [0.15, 0.2) is 0 Å². The van der Waals surface area contributed by atoms with E-state index in [1.807, 2.05) is 0 Å². The maximum Gasteiger partial charge on any atom is 0.326 e. The highest BCUT2D eigenvalue weighted by atomic mass is 16.4. The number of carbonyl (C=O) groups excluding carboxylic acids is 2. The summed E-state index contributed by atoms with van der Waals surface area (Å²) in [5.74, 6) is -3.02. The molecule has 4 N–H and O–H groups in total. The van der Waals surface area contributed by atoms with Crippen LogP contribution in [0.3, 0.4) is 0 Å². The van der Waals surface area contributed by atoms with Gasteiger partial charge in [0.05, 0.1) is 0 Å². The molecule has 0 radical (unpaired) electrons. The molecular weight excluding hydrogens is 256 g/mol. The molecule has 0 unspecified atom stereocenters. The maximum atomic E-state index is 11.7. The van der Waals surface area contributed by atoms with E-state index in [1.165, 1.54) is 0 Å². The summed E-state index contributed by atoms with van der Waals surface area (Å²) in [6, 6.07) is -1.84. The lowest BCUT2D eigenvalue weighted by Crippen LogP contribution is -2.48. The molecule has 0 aromatic rings. The van der Waals surface area contributed by atoms with Crippen molar-refractivity contribution in [1.29, 1.82) is 0 Å². The van der Waals surface area contributed by atoms with Gasteiger partial charge < -0.3 is 20.8 Å². The zero-order valence-electron chi connectivity index (χ0n) is 10.2. The highest BCUT2D eigenvalue weighted by Gasteiger charge is 2.30. The second-order valence-electron chi connectivity index (χ2n) is 4.34. The van der Waals surface area contributed by atoms with E-state index in [9.17, 15) is 19.2 Å². The Morgan fingerprint density at radius 3 is 2.53 bits per heavy atom. The minimum Gasteiger partial charge on any atom is -0.481 e. The molecule has 0 aromatic heterocycles. The van der Waals surface area contributed by atoms with Gasteiger partial charge in [0.2, 0.25) is 11.8 Å². The first kappa shape index (κ1) is 14.9. The lowest BCUT2D eigenvalue weighted by atomic mass is 10.1. The van der Waals surface area contributed by atoms with Crippen molar-refractivity contribution in [3.8, 4) is 0 Å². The quantitative estimate of drug-likeness (QED) is 0.474. The topological polar surface area (TPSA) is 133 Å². The van der Waals surface area contributed by atoms with Crippen molar-refractivity contribution < 1.29 is 29.4 Å². The summed E-state index contributed by atoms with van der Waals surface area (Å²) >= 11 is 0. The lowest BCUT2D eigenvalue weighted by Gasteiger charge is -2.17. The number of hydrogen-bond donors (Lipinski definition) is 4. The third-order valence-corrected chi connectivity index (χ3v) is 2.81. The molecule has 0 saturated carbocycles. The van der Waals surface area contributed by atoms with Crippen LogP contribution in [0.2, 0.25) is 0 Å². The van der Waals surface area contributed by atoms with Crippen LogP contribution in [-0.4, -0.2) is 46.0 Å². The van der Waals surface area contributed by atoms with Gasteiger partial charge in [0.1, 0.15) is 12.1 Å². The lowest BCUT2D eigenvalue weighted by molar-refractivity contribution is -0.143. The van der Waals surface area contributed by atoms with E-state index in [1.54, 1.807) is 0 Å². The van der Waals surface area contributed by atoms with Gasteiger partial charge in [-0.25, -0.2) is 4.79 Å². The number of carbonyl (C=O) groups is 4. The van der Waals surface area contributed by atoms with E-state index in [4.69, 9.17) is 10.2 Å². The number of nitrogens with one attached hydrogen (secondary N) is 2. The van der Waals surface area contributed by atoms with Gasteiger partial charge in [-0.1, -0.05) is 0 Å². The van der Waals surface area contributed by atoms with Crippen LogP contribution in [-0.2, 0) is 19.2 Å². The predicted molar refractivity (Wildman–Crippen MR) is 62.2 cm³/mol. The van der Waals surface area contributed by atoms with Gasteiger partial charge in [-0.15, -0.1) is 0 Å². The average molecular weight is 272 g/mol. The van der Waals surface area contributed by atoms with E-state index in [-0.39, 0.29) is 31.6 Å². The van der Waals surface area contributed by atoms with Crippen LogP contribution in [0.25, 0.3) is 0 Å². The Morgan fingerprint density at radius 1 is 1.37 bits per heavy atom. The van der Waals surface area contributed by atoms with E-state index < -0.39 is 29.9 Å². The Balaban J connectivity index is 2.44. The molecule has 1 aliphatic rings. The molecule has 0 aromatic carbocycles. The van der Waals surface area contributed by atoms with Crippen molar-refractivity contribution in [2.45, 2.75) is 44.2 Å². The smallest absolute Gasteiger partial charge is 0.326 e. The Kier molecular flexibility index (Phi) is 5.28. The van der Waals surface area contributed by atoms with Crippen molar-refractivity contribution in [2.24, 2.45) is 0 Å². The molecule has 1 rings (SSSR count). The first-order valence-electron chi connectivity index (χ1n) is 5.94. The highest BCUT2D eigenvalue weighted by Crippen LogP contribution is 2.08. The Hall–Kier alpha value is -2.12. The van der Waals surface area contributed by atoms with Gasteiger partial charge in [-0.05, 0) is 19.3 Å². The molecule has 2 amide bonds. The van der Waals surface area contributed by atoms with Crippen LogP contribution >= 0.6 is 0 Å². The van der Waals surface area contributed by atoms with Crippen LogP contribution in [0.1, 0.15) is 32.1 Å². The van der Waals surface area contributed by atoms with Gasteiger partial charge in [-0.3, -0.25) is 14.4 Å². The van der Waals surface area contributed by atoms with Crippen LogP contribution in [0.5, 0.6) is 0 Å². The minimum atomic E-state index is -1.22. The van der Waals surface area contributed by atoms with Crippen molar-refractivity contribution in [2.75, 3.05) is 0 Å². The summed E-state index contributed by atoms with van der Waals surface area (Å²) in [5.41, 5.74) is 0. The molecule has 106 valence electrons. The fourth-order valence-electron chi connectivity index (χ4n) is 1.80. The molecule has 1 aliphatic heterocycles. The number of amides is 2. The number of carboxylic acids is 2. The van der Waals surface area contributed by atoms with E-state index >= 15 is 0 Å². The van der Waals surface area contributed by atoms with E-state index in [2.05, 4.69) is 10.6 Å². The standard InChI is InChI=1S/C11H16N2O6/c14-8-5-4-6(12-8)10(17)13-7(11(18)19)2-1-3-9(15)16/h6-7H,1-5H2,(H,12,14)(H,13,17)(H,15,16)(H,18,19)/t6-,7+/m0/s1. The summed E-state index contributed by atoms with van der Waals surface area (Å²) in [6.45, 7) is 0. The van der Waals surface area contributed by atoms with Gasteiger partial charge in [0.25, 0.3) is 0 Å². The van der Waals surface area contributed by atoms with Crippen molar-refractivity contribution in [3.05, 3.63) is 0 Å². The molecule has 1 saturated heterocycles. The molecule has 19 heavy (non-hydrogen) atoms. The SMILES string of the molecule is O=C(O)CCC[C@@H](NC(=O)[C@@H]1CCC(=O)N1)C(=O)O. The molecular formula is C11H16N2O6. The summed E-state index contributed by atoms with van der Waals surface area (Å²) in [6.07, 6.45) is 0.623. The number of hydrogen-bond acceptors (Lipinski definition) is 4. The fraction of sp³-hybridized carbons (Fsp3) is 0.636. The van der Waals surface area contributed by atoms with Gasteiger partial charge >= 0.3 is 11.9 Å². The Morgan fingerprint density at radius 2 is 2.05 bits per heavy atom. The third-order valence-electron chi connectivity index (χ3n) is 2.81. The first-order chi connectivity index (χ1) is 8.90. The molecule has 1 fully saturated rings. The molecule has 0 bridgehead atoms. The van der Waals surface area contributed by atoms with Crippen molar-refractivity contribution in [3.63, 3.8) is 0 Å². The van der Waals surface area contributed by atoms with Crippen LogP contribution in [0, 0.1) is 0 Å². The number of carboxylic acid groups (broad SMARTS) is 2. The predicted octanol–water partition coefficient (Wildman–Crippen LogP) is -0.911. The van der Waals surface area contributed by atoms with Crippen molar-refractivity contribution in [1.82, 2.24) is 10.6 Å². The molecule has 8 nitrogen and oxygen atoms in total. The average Bonchev–Trinajstić information content (AvgIpc) is 2.73. The van der Waals surface area contributed by atoms with Crippen LogP contribution in [0.4, 0.5) is 0 Å². The third kappa shape index (κ3) is 4.94. The number of aliphatic carboxylic acids is 2. The first-order valence-corrected chi connectivity index (χ1v) is 5.94. The molecule has 2 atom stereocenters. The van der Waals surface area contributed by atoms with Crippen LogP contribution in [0.15, 0.2) is 0 Å². The minimum absolute atomic E-state index is 0.0358.